The van der Waals surface area contributed by atoms with E-state index in [4.69, 9.17) is 14.6 Å². The standard InChI is InChI=1S/C38H42F2N8O3.C7H8O/c1-3-30(4-2)48-37(49)47(27-43-48)33-11-9-32(10-12-33)45-18-16-44(17-19-45)31-6-5-7-34(14-13-31)50-22-28-21-38(51-23-28,24-46-26-41-25-42-46)35-15-8-29(39)20-36(35)40;8-6-7-4-2-1-3-5-7/h5,7-15,20,25-28,30H,3-4,16-19,21-24H2,1-2H3;1-5,8H,6H2. The predicted molar refractivity (Wildman–Crippen MR) is 220 cm³/mol. The fourth-order valence-electron chi connectivity index (χ4n) is 7.76. The minimum absolute atomic E-state index is 0.0257. The van der Waals surface area contributed by atoms with Gasteiger partial charge in [0, 0.05) is 49.4 Å². The third-order valence-electron chi connectivity index (χ3n) is 11.0. The molecule has 5 aromatic rings. The Bertz CT molecular complexity index is 2320. The van der Waals surface area contributed by atoms with Crippen LogP contribution in [-0.4, -0.2) is 78.5 Å². The Morgan fingerprint density at radius 2 is 1.68 bits per heavy atom. The molecule has 0 saturated carbocycles. The van der Waals surface area contributed by atoms with Gasteiger partial charge in [-0.15, -0.1) is 0 Å². The summed E-state index contributed by atoms with van der Waals surface area (Å²) in [5.41, 5.74) is 6.40. The molecule has 2 aliphatic heterocycles. The van der Waals surface area contributed by atoms with Crippen molar-refractivity contribution in [1.82, 2.24) is 34.0 Å². The van der Waals surface area contributed by atoms with E-state index < -0.39 is 17.2 Å². The normalized spacial score (nSPS) is 19.0. The molecule has 12 nitrogen and oxygen atoms in total. The van der Waals surface area contributed by atoms with Gasteiger partial charge in [0.25, 0.3) is 0 Å². The first-order valence-corrected chi connectivity index (χ1v) is 20.1. The largest absolute Gasteiger partial charge is 0.493 e. The van der Waals surface area contributed by atoms with Gasteiger partial charge in [0.15, 0.2) is 0 Å². The number of anilines is 1. The third-order valence-corrected chi connectivity index (χ3v) is 11.0. The highest BCUT2D eigenvalue weighted by Crippen LogP contribution is 2.42. The minimum Gasteiger partial charge on any atom is -0.493 e. The highest BCUT2D eigenvalue weighted by atomic mass is 19.1. The van der Waals surface area contributed by atoms with E-state index >= 15 is 4.39 Å². The van der Waals surface area contributed by atoms with Crippen LogP contribution in [0.1, 0.15) is 50.3 Å². The van der Waals surface area contributed by atoms with Crippen LogP contribution in [-0.2, 0) is 28.2 Å². The van der Waals surface area contributed by atoms with E-state index in [1.165, 1.54) is 18.5 Å². The second-order valence-corrected chi connectivity index (χ2v) is 14.8. The van der Waals surface area contributed by atoms with Crippen LogP contribution in [0.15, 0.2) is 138 Å². The summed E-state index contributed by atoms with van der Waals surface area (Å²) in [4.78, 5) is 21.6. The van der Waals surface area contributed by atoms with Gasteiger partial charge < -0.3 is 24.4 Å². The minimum atomic E-state index is -1.03. The quantitative estimate of drug-likeness (QED) is 0.130. The molecule has 2 aromatic heterocycles. The zero-order chi connectivity index (χ0) is 41.2. The van der Waals surface area contributed by atoms with Gasteiger partial charge in [-0.3, -0.25) is 0 Å². The highest BCUT2D eigenvalue weighted by molar-refractivity contribution is 5.51. The number of hydrogen-bond donors (Lipinski definition) is 1. The lowest BCUT2D eigenvalue weighted by molar-refractivity contribution is -0.0208. The van der Waals surface area contributed by atoms with Crippen LogP contribution in [0, 0.1) is 17.6 Å². The number of ether oxygens (including phenoxy) is 2. The fourth-order valence-corrected chi connectivity index (χ4v) is 7.76. The Morgan fingerprint density at radius 1 is 0.932 bits per heavy atom. The van der Waals surface area contributed by atoms with Crippen molar-refractivity contribution in [3.63, 3.8) is 0 Å². The molecule has 1 aliphatic carbocycles. The van der Waals surface area contributed by atoms with Crippen molar-refractivity contribution in [3.8, 4) is 5.69 Å². The van der Waals surface area contributed by atoms with Crippen molar-refractivity contribution in [3.05, 3.63) is 167 Å². The lowest BCUT2D eigenvalue weighted by atomic mass is 9.87. The van der Waals surface area contributed by atoms with Crippen molar-refractivity contribution in [2.24, 2.45) is 5.92 Å². The van der Waals surface area contributed by atoms with Crippen molar-refractivity contribution in [2.45, 2.75) is 57.9 Å². The summed E-state index contributed by atoms with van der Waals surface area (Å²) >= 11 is 0. The van der Waals surface area contributed by atoms with Gasteiger partial charge in [0.1, 0.15) is 42.0 Å². The molecule has 2 fully saturated rings. The van der Waals surface area contributed by atoms with Crippen LogP contribution < -0.4 is 10.6 Å². The maximum atomic E-state index is 15.0. The molecular formula is C45H50F2N8O4. The van der Waals surface area contributed by atoms with Crippen molar-refractivity contribution in [1.29, 1.82) is 0 Å². The Balaban J connectivity index is 0.000000592. The molecule has 8 rings (SSSR count). The number of aliphatic hydroxyl groups is 1. The molecule has 308 valence electrons. The second-order valence-electron chi connectivity index (χ2n) is 14.8. The Hall–Kier alpha value is -6.08. The molecule has 59 heavy (non-hydrogen) atoms. The maximum absolute atomic E-state index is 15.0. The van der Waals surface area contributed by atoms with Crippen LogP contribution >= 0.6 is 0 Å². The van der Waals surface area contributed by atoms with Gasteiger partial charge >= 0.3 is 5.69 Å². The summed E-state index contributed by atoms with van der Waals surface area (Å²) in [6.45, 7) is 8.59. The van der Waals surface area contributed by atoms with E-state index in [1.54, 1.807) is 26.6 Å². The number of nitrogens with zero attached hydrogens (tertiary/aromatic N) is 8. The van der Waals surface area contributed by atoms with Crippen LogP contribution in [0.5, 0.6) is 0 Å². The molecule has 2 unspecified atom stereocenters. The van der Waals surface area contributed by atoms with Crippen LogP contribution in [0.4, 0.5) is 14.5 Å². The van der Waals surface area contributed by atoms with Crippen molar-refractivity contribution in [2.75, 3.05) is 44.3 Å². The average molecular weight is 805 g/mol. The predicted octanol–water partition coefficient (Wildman–Crippen LogP) is 6.71. The molecule has 4 heterocycles. The molecule has 0 amide bonds. The van der Waals surface area contributed by atoms with Gasteiger partial charge in [-0.2, -0.15) is 10.2 Å². The second kappa shape index (κ2) is 19.1. The average Bonchev–Trinajstić information content (AvgIpc) is 3.98. The van der Waals surface area contributed by atoms with Crippen LogP contribution in [0.3, 0.4) is 0 Å². The summed E-state index contributed by atoms with van der Waals surface area (Å²) < 4.78 is 46.0. The lowest BCUT2D eigenvalue weighted by Gasteiger charge is -2.37. The Labute approximate surface area is 342 Å². The molecule has 2 saturated heterocycles. The number of allylic oxidation sites excluding steroid dienone is 3. The summed E-state index contributed by atoms with van der Waals surface area (Å²) in [5.74, 6) is -0.615. The zero-order valence-electron chi connectivity index (χ0n) is 33.4. The van der Waals surface area contributed by atoms with E-state index in [0.29, 0.717) is 31.0 Å². The maximum Gasteiger partial charge on any atom is 0.350 e. The van der Waals surface area contributed by atoms with Gasteiger partial charge in [-0.25, -0.2) is 32.5 Å². The monoisotopic (exact) mass is 804 g/mol. The first-order valence-electron chi connectivity index (χ1n) is 20.1. The molecule has 3 aromatic carbocycles. The van der Waals surface area contributed by atoms with E-state index in [1.807, 2.05) is 66.8 Å². The summed E-state index contributed by atoms with van der Waals surface area (Å²) in [6, 6.07) is 21.3. The molecule has 0 radical (unpaired) electrons. The molecule has 2 atom stereocenters. The summed E-state index contributed by atoms with van der Waals surface area (Å²) in [6.07, 6.45) is 14.5. The lowest BCUT2D eigenvalue weighted by Crippen LogP contribution is -2.45. The Kier molecular flexibility index (Phi) is 13.3. The third kappa shape index (κ3) is 9.80. The summed E-state index contributed by atoms with van der Waals surface area (Å²) in [7, 11) is 0. The number of rotatable bonds is 13. The molecule has 3 aliphatic rings. The van der Waals surface area contributed by atoms with Gasteiger partial charge in [0.05, 0.1) is 43.8 Å². The SMILES string of the molecule is CCC(CC)n1ncn(-c2ccc(N3CCN(C4=C=CC=C(OCC5COC(Cn6cncn6)(c6ccc(F)cc6F)C5)C=C4)CC3)cc2)c1=O.OCc1ccccc1. The highest BCUT2D eigenvalue weighted by Gasteiger charge is 2.44. The first kappa shape index (κ1) is 41.1. The first-order chi connectivity index (χ1) is 28.8. The van der Waals surface area contributed by atoms with Crippen LogP contribution in [0.2, 0.25) is 0 Å². The van der Waals surface area contributed by atoms with Crippen LogP contribution in [0.25, 0.3) is 5.69 Å². The molecule has 1 N–H and O–H groups in total. The molecule has 0 bridgehead atoms. The number of piperazine rings is 1. The number of benzene rings is 3. The topological polar surface area (TPSA) is 116 Å². The fraction of sp³-hybridized carbons (Fsp3) is 0.356. The van der Waals surface area contributed by atoms with E-state index in [9.17, 15) is 9.18 Å². The van der Waals surface area contributed by atoms with E-state index in [0.717, 1.165) is 67.7 Å². The van der Waals surface area contributed by atoms with Gasteiger partial charge in [-0.05, 0) is 79.5 Å². The number of aromatic nitrogens is 6. The number of hydrogen-bond acceptors (Lipinski definition) is 9. The molecule has 14 heteroatoms. The summed E-state index contributed by atoms with van der Waals surface area (Å²) in [5, 5.41) is 17.1. The van der Waals surface area contributed by atoms with Crippen molar-refractivity contribution >= 4 is 5.69 Å². The zero-order valence-corrected chi connectivity index (χ0v) is 33.4. The van der Waals surface area contributed by atoms with Crippen molar-refractivity contribution < 1.29 is 23.4 Å². The van der Waals surface area contributed by atoms with Gasteiger partial charge in [0.2, 0.25) is 0 Å². The Morgan fingerprint density at radius 3 is 2.36 bits per heavy atom. The smallest absolute Gasteiger partial charge is 0.350 e. The number of halogens is 2. The van der Waals surface area contributed by atoms with E-state index in [2.05, 4.69) is 56.7 Å². The number of aliphatic hydroxyl groups excluding tert-OH is 1. The van der Waals surface area contributed by atoms with E-state index in [-0.39, 0.29) is 30.8 Å². The molecule has 0 spiro atoms. The van der Waals surface area contributed by atoms with Gasteiger partial charge in [-0.1, -0.05) is 56.0 Å². The molecular weight excluding hydrogens is 755 g/mol.